The lowest BCUT2D eigenvalue weighted by Gasteiger charge is -2.35. The van der Waals surface area contributed by atoms with Crippen LogP contribution in [0.3, 0.4) is 0 Å². The van der Waals surface area contributed by atoms with Gasteiger partial charge in [-0.1, -0.05) is 30.3 Å². The molecule has 0 radical (unpaired) electrons. The first-order valence-electron chi connectivity index (χ1n) is 10.3. The molecule has 154 valence electrons. The standard InChI is InChI=1S/C25H21N3O3/c29-19-9-7-17(8-10-19)24(30)27-12-14-28(15-13-27)25(31)22-16-18-4-1-2-5-20(18)21-6-3-11-26-23(21)22/h1-11,16,29H,12-15H2. The van der Waals surface area contributed by atoms with Gasteiger partial charge in [-0.3, -0.25) is 14.6 Å². The molecule has 4 aromatic rings. The molecule has 0 aliphatic carbocycles. The van der Waals surface area contributed by atoms with E-state index in [-0.39, 0.29) is 17.6 Å². The monoisotopic (exact) mass is 411 g/mol. The van der Waals surface area contributed by atoms with Gasteiger partial charge in [-0.25, -0.2) is 0 Å². The fraction of sp³-hybridized carbons (Fsp3) is 0.160. The summed E-state index contributed by atoms with van der Waals surface area (Å²) in [5, 5.41) is 12.5. The molecule has 2 heterocycles. The number of amides is 2. The summed E-state index contributed by atoms with van der Waals surface area (Å²) in [4.78, 5) is 34.1. The quantitative estimate of drug-likeness (QED) is 0.511. The molecule has 31 heavy (non-hydrogen) atoms. The van der Waals surface area contributed by atoms with Crippen molar-refractivity contribution >= 4 is 33.5 Å². The molecular weight excluding hydrogens is 390 g/mol. The molecule has 1 fully saturated rings. The highest BCUT2D eigenvalue weighted by Gasteiger charge is 2.27. The summed E-state index contributed by atoms with van der Waals surface area (Å²) in [5.41, 5.74) is 1.82. The van der Waals surface area contributed by atoms with Crippen LogP contribution in [0.15, 0.2) is 72.9 Å². The fourth-order valence-corrected chi connectivity index (χ4v) is 4.16. The van der Waals surface area contributed by atoms with Gasteiger partial charge in [0.2, 0.25) is 0 Å². The minimum Gasteiger partial charge on any atom is -0.508 e. The van der Waals surface area contributed by atoms with Crippen molar-refractivity contribution in [3.05, 3.63) is 84.1 Å². The first kappa shape index (κ1) is 19.1. The summed E-state index contributed by atoms with van der Waals surface area (Å²) >= 11 is 0. The van der Waals surface area contributed by atoms with Gasteiger partial charge in [0, 0.05) is 43.3 Å². The second-order valence-corrected chi connectivity index (χ2v) is 7.68. The topological polar surface area (TPSA) is 73.7 Å². The van der Waals surface area contributed by atoms with Gasteiger partial charge in [0.25, 0.3) is 11.8 Å². The summed E-state index contributed by atoms with van der Waals surface area (Å²) in [5.74, 6) is -0.0284. The van der Waals surface area contributed by atoms with Crippen molar-refractivity contribution in [2.24, 2.45) is 0 Å². The van der Waals surface area contributed by atoms with E-state index in [0.29, 0.717) is 42.8 Å². The third-order valence-corrected chi connectivity index (χ3v) is 5.81. The van der Waals surface area contributed by atoms with E-state index in [4.69, 9.17) is 0 Å². The van der Waals surface area contributed by atoms with Gasteiger partial charge in [0.1, 0.15) is 5.75 Å². The van der Waals surface area contributed by atoms with Crippen molar-refractivity contribution in [2.45, 2.75) is 0 Å². The van der Waals surface area contributed by atoms with Crippen molar-refractivity contribution < 1.29 is 14.7 Å². The average molecular weight is 411 g/mol. The zero-order chi connectivity index (χ0) is 21.4. The number of hydrogen-bond donors (Lipinski definition) is 1. The normalized spacial score (nSPS) is 14.2. The van der Waals surface area contributed by atoms with Crippen molar-refractivity contribution in [3.63, 3.8) is 0 Å². The molecule has 1 aliphatic heterocycles. The smallest absolute Gasteiger partial charge is 0.256 e. The number of pyridine rings is 1. The molecule has 6 nitrogen and oxygen atoms in total. The second-order valence-electron chi connectivity index (χ2n) is 7.68. The van der Waals surface area contributed by atoms with Crippen molar-refractivity contribution in [2.75, 3.05) is 26.2 Å². The van der Waals surface area contributed by atoms with Gasteiger partial charge >= 0.3 is 0 Å². The number of benzene rings is 3. The van der Waals surface area contributed by atoms with E-state index in [2.05, 4.69) is 4.98 Å². The molecule has 3 aromatic carbocycles. The van der Waals surface area contributed by atoms with Crippen LogP contribution in [0.25, 0.3) is 21.7 Å². The highest BCUT2D eigenvalue weighted by molar-refractivity contribution is 6.15. The van der Waals surface area contributed by atoms with Gasteiger partial charge < -0.3 is 14.9 Å². The number of carbonyl (C=O) groups excluding carboxylic acids is 2. The maximum atomic E-state index is 13.4. The number of phenolic OH excluding ortho intramolecular Hbond substituents is 1. The minimum absolute atomic E-state index is 0.0637. The Morgan fingerprint density at radius 1 is 0.774 bits per heavy atom. The molecule has 1 aromatic heterocycles. The molecule has 1 aliphatic rings. The number of nitrogens with zero attached hydrogens (tertiary/aromatic N) is 3. The van der Waals surface area contributed by atoms with E-state index < -0.39 is 0 Å². The van der Waals surface area contributed by atoms with Gasteiger partial charge in [0.05, 0.1) is 11.1 Å². The first-order chi connectivity index (χ1) is 15.1. The summed E-state index contributed by atoms with van der Waals surface area (Å²) in [6.45, 7) is 1.85. The predicted molar refractivity (Wildman–Crippen MR) is 119 cm³/mol. The Labute approximate surface area is 179 Å². The molecule has 0 spiro atoms. The number of aromatic hydroxyl groups is 1. The van der Waals surface area contributed by atoms with E-state index in [9.17, 15) is 14.7 Å². The predicted octanol–water partition coefficient (Wildman–Crippen LogP) is 3.69. The molecule has 0 bridgehead atoms. The Morgan fingerprint density at radius 3 is 2.16 bits per heavy atom. The molecule has 6 heteroatoms. The molecule has 2 amide bonds. The van der Waals surface area contributed by atoms with Gasteiger partial charge in [0.15, 0.2) is 0 Å². The number of fused-ring (bicyclic) bond motifs is 3. The van der Waals surface area contributed by atoms with Crippen LogP contribution in [0.4, 0.5) is 0 Å². The molecule has 0 saturated carbocycles. The Hall–Kier alpha value is -3.93. The minimum atomic E-state index is -0.0927. The Kier molecular flexibility index (Phi) is 4.75. The van der Waals surface area contributed by atoms with Crippen LogP contribution < -0.4 is 0 Å². The first-order valence-corrected chi connectivity index (χ1v) is 10.3. The molecule has 5 rings (SSSR count). The fourth-order valence-electron chi connectivity index (χ4n) is 4.16. The molecular formula is C25H21N3O3. The van der Waals surface area contributed by atoms with Gasteiger partial charge in [-0.05, 0) is 47.2 Å². The van der Waals surface area contributed by atoms with Crippen LogP contribution in [-0.4, -0.2) is 57.9 Å². The van der Waals surface area contributed by atoms with Crippen LogP contribution in [0.5, 0.6) is 5.75 Å². The van der Waals surface area contributed by atoms with E-state index >= 15 is 0 Å². The number of rotatable bonds is 2. The lowest BCUT2D eigenvalue weighted by Crippen LogP contribution is -2.50. The molecule has 1 saturated heterocycles. The van der Waals surface area contributed by atoms with Crippen LogP contribution in [0, 0.1) is 0 Å². The van der Waals surface area contributed by atoms with Crippen LogP contribution >= 0.6 is 0 Å². The maximum absolute atomic E-state index is 13.4. The Morgan fingerprint density at radius 2 is 1.42 bits per heavy atom. The zero-order valence-corrected chi connectivity index (χ0v) is 16.9. The SMILES string of the molecule is O=C(c1ccc(O)cc1)N1CCN(C(=O)c2cc3ccccc3c3cccnc23)CC1. The average Bonchev–Trinajstić information content (AvgIpc) is 2.83. The third kappa shape index (κ3) is 3.46. The van der Waals surface area contributed by atoms with E-state index in [0.717, 1.165) is 16.2 Å². The van der Waals surface area contributed by atoms with Crippen molar-refractivity contribution in [3.8, 4) is 5.75 Å². The largest absolute Gasteiger partial charge is 0.508 e. The van der Waals surface area contributed by atoms with Crippen LogP contribution in [0.1, 0.15) is 20.7 Å². The van der Waals surface area contributed by atoms with Crippen molar-refractivity contribution in [1.29, 1.82) is 0 Å². The summed E-state index contributed by atoms with van der Waals surface area (Å²) in [6.07, 6.45) is 1.71. The molecule has 0 atom stereocenters. The highest BCUT2D eigenvalue weighted by atomic mass is 16.3. The molecule has 0 unspecified atom stereocenters. The van der Waals surface area contributed by atoms with Crippen molar-refractivity contribution in [1.82, 2.24) is 14.8 Å². The summed E-state index contributed by atoms with van der Waals surface area (Å²) < 4.78 is 0. The third-order valence-electron chi connectivity index (χ3n) is 5.81. The Balaban J connectivity index is 1.39. The highest BCUT2D eigenvalue weighted by Crippen LogP contribution is 2.28. The number of carbonyl (C=O) groups is 2. The van der Waals surface area contributed by atoms with E-state index in [1.165, 1.54) is 12.1 Å². The second kappa shape index (κ2) is 7.72. The number of aromatic nitrogens is 1. The van der Waals surface area contributed by atoms with Crippen LogP contribution in [0.2, 0.25) is 0 Å². The molecule has 1 N–H and O–H groups in total. The zero-order valence-electron chi connectivity index (χ0n) is 16.9. The summed E-state index contributed by atoms with van der Waals surface area (Å²) in [6, 6.07) is 20.0. The number of phenols is 1. The van der Waals surface area contributed by atoms with Crippen LogP contribution in [-0.2, 0) is 0 Å². The van der Waals surface area contributed by atoms with E-state index in [1.54, 1.807) is 28.1 Å². The Bertz CT molecular complexity index is 1290. The lowest BCUT2D eigenvalue weighted by molar-refractivity contribution is 0.0536. The number of piperazine rings is 1. The number of hydrogen-bond acceptors (Lipinski definition) is 4. The lowest BCUT2D eigenvalue weighted by atomic mass is 10.00. The van der Waals surface area contributed by atoms with Gasteiger partial charge in [-0.2, -0.15) is 0 Å². The van der Waals surface area contributed by atoms with E-state index in [1.807, 2.05) is 42.5 Å². The maximum Gasteiger partial charge on any atom is 0.256 e. The van der Waals surface area contributed by atoms with Gasteiger partial charge in [-0.15, -0.1) is 0 Å². The summed E-state index contributed by atoms with van der Waals surface area (Å²) in [7, 11) is 0.